The molecule has 0 aromatic carbocycles. The van der Waals surface area contributed by atoms with E-state index in [0.29, 0.717) is 13.0 Å². The van der Waals surface area contributed by atoms with Crippen LogP contribution in [0.2, 0.25) is 0 Å². The molecule has 2 nitrogen and oxygen atoms in total. The van der Waals surface area contributed by atoms with Crippen molar-refractivity contribution in [3.05, 3.63) is 27.6 Å². The molecule has 1 aliphatic heterocycles. The van der Waals surface area contributed by atoms with Crippen LogP contribution in [0.3, 0.4) is 0 Å². The van der Waals surface area contributed by atoms with Gasteiger partial charge in [-0.1, -0.05) is 6.07 Å². The molecule has 0 saturated carbocycles. The molecule has 1 aliphatic rings. The minimum Gasteiger partial charge on any atom is -0.296 e. The van der Waals surface area contributed by atoms with Crippen molar-refractivity contribution in [3.8, 4) is 0 Å². The maximum absolute atomic E-state index is 12.9. The first-order valence-corrected chi connectivity index (χ1v) is 5.79. The zero-order chi connectivity index (χ0) is 9.97. The second kappa shape index (κ2) is 4.53. The van der Waals surface area contributed by atoms with E-state index in [0.717, 1.165) is 16.8 Å². The Morgan fingerprint density at radius 1 is 1.57 bits per heavy atom. The van der Waals surface area contributed by atoms with E-state index in [4.69, 9.17) is 0 Å². The fourth-order valence-corrected chi connectivity index (χ4v) is 2.01. The van der Waals surface area contributed by atoms with Gasteiger partial charge in [-0.15, -0.1) is 0 Å². The molecule has 4 heteroatoms. The average Bonchev–Trinajstić information content (AvgIpc) is 2.56. The summed E-state index contributed by atoms with van der Waals surface area (Å²) in [6, 6.07) is 4.04. The molecule has 76 valence electrons. The summed E-state index contributed by atoms with van der Waals surface area (Å²) in [4.78, 5) is 6.34. The quantitative estimate of drug-likeness (QED) is 0.615. The fraction of sp³-hybridized carbons (Fsp3) is 0.500. The highest BCUT2D eigenvalue weighted by atomic mass is 127. The third-order valence-electron chi connectivity index (χ3n) is 2.41. The maximum atomic E-state index is 12.9. The number of hydrogen-bond acceptors (Lipinski definition) is 2. The first-order chi connectivity index (χ1) is 6.74. The second-order valence-corrected chi connectivity index (χ2v) is 4.72. The summed E-state index contributed by atoms with van der Waals surface area (Å²) in [6.45, 7) is 2.27. The topological polar surface area (TPSA) is 16.1 Å². The predicted octanol–water partition coefficient (Wildman–Crippen LogP) is 2.23. The van der Waals surface area contributed by atoms with Crippen LogP contribution in [0.25, 0.3) is 0 Å². The predicted molar refractivity (Wildman–Crippen MR) is 61.7 cm³/mol. The molecule has 0 radical (unpaired) electrons. The molecular weight excluding hydrogens is 294 g/mol. The number of likely N-dealkylation sites (tertiary alicyclic amines) is 1. The van der Waals surface area contributed by atoms with Crippen LogP contribution in [-0.4, -0.2) is 29.1 Å². The molecule has 2 heterocycles. The van der Waals surface area contributed by atoms with Gasteiger partial charge in [0.15, 0.2) is 0 Å². The van der Waals surface area contributed by atoms with Gasteiger partial charge in [-0.25, -0.2) is 4.39 Å². The summed E-state index contributed by atoms with van der Waals surface area (Å²) in [7, 11) is 0. The Morgan fingerprint density at radius 3 is 3.00 bits per heavy atom. The van der Waals surface area contributed by atoms with Crippen molar-refractivity contribution >= 4 is 22.6 Å². The van der Waals surface area contributed by atoms with E-state index in [1.165, 1.54) is 5.56 Å². The van der Waals surface area contributed by atoms with E-state index >= 15 is 0 Å². The van der Waals surface area contributed by atoms with Gasteiger partial charge in [-0.05, 0) is 40.6 Å². The van der Waals surface area contributed by atoms with E-state index in [1.54, 1.807) is 0 Å². The number of pyridine rings is 1. The van der Waals surface area contributed by atoms with Crippen LogP contribution in [0.1, 0.15) is 12.0 Å². The number of alkyl halides is 1. The molecule has 1 atom stereocenters. The SMILES string of the molecule is F[C@H]1CCN(Cc2ccc(I)nc2)C1. The lowest BCUT2D eigenvalue weighted by Crippen LogP contribution is -2.20. The van der Waals surface area contributed by atoms with E-state index in [-0.39, 0.29) is 0 Å². The zero-order valence-electron chi connectivity index (χ0n) is 7.79. The Hall–Kier alpha value is -0.230. The summed E-state index contributed by atoms with van der Waals surface area (Å²) in [6.07, 6.45) is 1.91. The molecule has 0 aliphatic carbocycles. The molecule has 0 amide bonds. The number of rotatable bonds is 2. The monoisotopic (exact) mass is 306 g/mol. The van der Waals surface area contributed by atoms with Crippen molar-refractivity contribution in [2.75, 3.05) is 13.1 Å². The van der Waals surface area contributed by atoms with E-state index in [1.807, 2.05) is 12.3 Å². The molecule has 1 saturated heterocycles. The summed E-state index contributed by atoms with van der Waals surface area (Å²) in [5.41, 5.74) is 1.17. The number of nitrogens with zero attached hydrogens (tertiary/aromatic N) is 2. The maximum Gasteiger partial charge on any atom is 0.114 e. The molecule has 0 bridgehead atoms. The van der Waals surface area contributed by atoms with E-state index in [2.05, 4.69) is 38.5 Å². The van der Waals surface area contributed by atoms with Crippen molar-refractivity contribution in [1.29, 1.82) is 0 Å². The average molecular weight is 306 g/mol. The molecule has 0 N–H and O–H groups in total. The van der Waals surface area contributed by atoms with Crippen molar-refractivity contribution in [2.24, 2.45) is 0 Å². The van der Waals surface area contributed by atoms with Crippen LogP contribution >= 0.6 is 22.6 Å². The van der Waals surface area contributed by atoms with Crippen molar-refractivity contribution < 1.29 is 4.39 Å². The minimum atomic E-state index is -0.633. The van der Waals surface area contributed by atoms with Gasteiger partial charge in [0.25, 0.3) is 0 Å². The zero-order valence-corrected chi connectivity index (χ0v) is 9.95. The first kappa shape index (κ1) is 10.3. The molecular formula is C10H12FIN2. The van der Waals surface area contributed by atoms with Gasteiger partial charge in [-0.3, -0.25) is 9.88 Å². The Labute approximate surface area is 96.7 Å². The van der Waals surface area contributed by atoms with Crippen molar-refractivity contribution in [3.63, 3.8) is 0 Å². The van der Waals surface area contributed by atoms with Crippen LogP contribution in [0.15, 0.2) is 18.3 Å². The van der Waals surface area contributed by atoms with Gasteiger partial charge in [0.1, 0.15) is 9.87 Å². The van der Waals surface area contributed by atoms with Crippen LogP contribution in [-0.2, 0) is 6.54 Å². The lowest BCUT2D eigenvalue weighted by Gasteiger charge is -2.13. The van der Waals surface area contributed by atoms with Gasteiger partial charge in [0, 0.05) is 25.8 Å². The molecule has 0 unspecified atom stereocenters. The highest BCUT2D eigenvalue weighted by Gasteiger charge is 2.21. The molecule has 2 rings (SSSR count). The highest BCUT2D eigenvalue weighted by molar-refractivity contribution is 14.1. The van der Waals surface area contributed by atoms with Crippen LogP contribution in [0.5, 0.6) is 0 Å². The lowest BCUT2D eigenvalue weighted by molar-refractivity contribution is 0.282. The van der Waals surface area contributed by atoms with E-state index < -0.39 is 6.17 Å². The van der Waals surface area contributed by atoms with Gasteiger partial charge in [0.05, 0.1) is 0 Å². The molecule has 14 heavy (non-hydrogen) atoms. The summed E-state index contributed by atoms with van der Waals surface area (Å²) in [5, 5.41) is 0. The third kappa shape index (κ3) is 2.63. The normalized spacial score (nSPS) is 22.9. The Balaban J connectivity index is 1.94. The lowest BCUT2D eigenvalue weighted by atomic mass is 10.3. The summed E-state index contributed by atoms with van der Waals surface area (Å²) >= 11 is 2.18. The Kier molecular flexibility index (Phi) is 3.33. The smallest absolute Gasteiger partial charge is 0.114 e. The first-order valence-electron chi connectivity index (χ1n) is 4.71. The summed E-state index contributed by atoms with van der Waals surface area (Å²) < 4.78 is 13.9. The van der Waals surface area contributed by atoms with Crippen molar-refractivity contribution in [1.82, 2.24) is 9.88 Å². The van der Waals surface area contributed by atoms with Crippen LogP contribution in [0, 0.1) is 3.70 Å². The minimum absolute atomic E-state index is 0.575. The third-order valence-corrected chi connectivity index (χ3v) is 3.05. The van der Waals surface area contributed by atoms with Gasteiger partial charge < -0.3 is 0 Å². The van der Waals surface area contributed by atoms with Gasteiger partial charge in [-0.2, -0.15) is 0 Å². The van der Waals surface area contributed by atoms with Crippen LogP contribution < -0.4 is 0 Å². The second-order valence-electron chi connectivity index (χ2n) is 3.61. The largest absolute Gasteiger partial charge is 0.296 e. The standard InChI is InChI=1S/C10H12FIN2/c11-9-3-4-14(7-9)6-8-1-2-10(12)13-5-8/h1-2,5,9H,3-4,6-7H2/t9-/m0/s1. The van der Waals surface area contributed by atoms with Gasteiger partial charge in [0.2, 0.25) is 0 Å². The number of halogens is 2. The molecule has 1 aromatic rings. The van der Waals surface area contributed by atoms with Crippen molar-refractivity contribution in [2.45, 2.75) is 19.1 Å². The van der Waals surface area contributed by atoms with Gasteiger partial charge >= 0.3 is 0 Å². The van der Waals surface area contributed by atoms with Crippen LogP contribution in [0.4, 0.5) is 4.39 Å². The molecule has 0 spiro atoms. The number of aromatic nitrogens is 1. The number of hydrogen-bond donors (Lipinski definition) is 0. The fourth-order valence-electron chi connectivity index (χ4n) is 1.69. The van der Waals surface area contributed by atoms with E-state index in [9.17, 15) is 4.39 Å². The molecule has 1 fully saturated rings. The molecule has 1 aromatic heterocycles. The summed E-state index contributed by atoms with van der Waals surface area (Å²) in [5.74, 6) is 0. The highest BCUT2D eigenvalue weighted by Crippen LogP contribution is 2.15. The Bertz CT molecular complexity index is 301. The Morgan fingerprint density at radius 2 is 2.43 bits per heavy atom.